The third-order valence-corrected chi connectivity index (χ3v) is 2.95. The number of nitrogens with one attached hydrogen (secondary N) is 1. The lowest BCUT2D eigenvalue weighted by atomic mass is 10.1. The molecule has 1 heterocycles. The van der Waals surface area contributed by atoms with Gasteiger partial charge in [0.25, 0.3) is 11.8 Å². The molecule has 0 spiro atoms. The molecule has 1 aliphatic rings. The number of nitrogens with zero attached hydrogens (tertiary/aromatic N) is 1. The van der Waals surface area contributed by atoms with Gasteiger partial charge in [-0.25, -0.2) is 9.18 Å². The van der Waals surface area contributed by atoms with Crippen molar-refractivity contribution in [2.45, 2.75) is 6.92 Å². The summed E-state index contributed by atoms with van der Waals surface area (Å²) < 4.78 is 13.4. The molecule has 2 rings (SSSR count). The van der Waals surface area contributed by atoms with Gasteiger partial charge >= 0.3 is 6.03 Å². The third-order valence-electron chi connectivity index (χ3n) is 2.95. The summed E-state index contributed by atoms with van der Waals surface area (Å²) in [4.78, 5) is 35.9. The van der Waals surface area contributed by atoms with Gasteiger partial charge in [-0.05, 0) is 19.1 Å². The number of carbonyl (C=O) groups excluding carboxylic acids is 3. The first-order chi connectivity index (χ1) is 10.0. The number of barbiturate groups is 1. The SMILES string of the molecule is CCN1C(=O)NC(=O)C(=CC=Cc2ccccc2F)C1=O. The van der Waals surface area contributed by atoms with Crippen molar-refractivity contribution < 1.29 is 18.8 Å². The molecule has 21 heavy (non-hydrogen) atoms. The molecule has 6 heteroatoms. The van der Waals surface area contributed by atoms with E-state index in [-0.39, 0.29) is 12.1 Å². The Morgan fingerprint density at radius 2 is 1.95 bits per heavy atom. The Morgan fingerprint density at radius 3 is 2.62 bits per heavy atom. The van der Waals surface area contributed by atoms with Crippen LogP contribution < -0.4 is 5.32 Å². The van der Waals surface area contributed by atoms with Gasteiger partial charge < -0.3 is 0 Å². The maximum Gasteiger partial charge on any atom is 0.331 e. The van der Waals surface area contributed by atoms with Gasteiger partial charge in [0.05, 0.1) is 0 Å². The number of rotatable bonds is 3. The van der Waals surface area contributed by atoms with E-state index in [1.165, 1.54) is 24.3 Å². The summed E-state index contributed by atoms with van der Waals surface area (Å²) in [5.41, 5.74) is 0.172. The van der Waals surface area contributed by atoms with Gasteiger partial charge in [0.1, 0.15) is 11.4 Å². The minimum absolute atomic E-state index is 0.159. The minimum atomic E-state index is -0.757. The molecule has 0 aliphatic carbocycles. The number of imide groups is 2. The van der Waals surface area contributed by atoms with Gasteiger partial charge in [-0.2, -0.15) is 0 Å². The molecule has 1 saturated heterocycles. The van der Waals surface area contributed by atoms with Crippen molar-refractivity contribution >= 4 is 23.9 Å². The second kappa shape index (κ2) is 6.13. The van der Waals surface area contributed by atoms with E-state index in [0.29, 0.717) is 5.56 Å². The van der Waals surface area contributed by atoms with Gasteiger partial charge in [-0.15, -0.1) is 0 Å². The average molecular weight is 288 g/mol. The van der Waals surface area contributed by atoms with Gasteiger partial charge in [-0.1, -0.05) is 30.4 Å². The molecule has 1 aromatic rings. The molecular formula is C15H13FN2O3. The van der Waals surface area contributed by atoms with Crippen molar-refractivity contribution in [3.8, 4) is 0 Å². The van der Waals surface area contributed by atoms with E-state index in [1.807, 2.05) is 0 Å². The molecule has 0 unspecified atom stereocenters. The first-order valence-electron chi connectivity index (χ1n) is 6.34. The predicted octanol–water partition coefficient (Wildman–Crippen LogP) is 1.86. The molecule has 0 aromatic heterocycles. The van der Waals surface area contributed by atoms with Crippen LogP contribution in [-0.2, 0) is 9.59 Å². The Balaban J connectivity index is 2.24. The summed E-state index contributed by atoms with van der Waals surface area (Å²) in [5.74, 6) is -1.82. The lowest BCUT2D eigenvalue weighted by Gasteiger charge is -2.24. The fourth-order valence-corrected chi connectivity index (χ4v) is 1.86. The van der Waals surface area contributed by atoms with Crippen LogP contribution in [0, 0.1) is 5.82 Å². The fourth-order valence-electron chi connectivity index (χ4n) is 1.86. The molecule has 4 amide bonds. The van der Waals surface area contributed by atoms with Crippen LogP contribution in [0.1, 0.15) is 12.5 Å². The topological polar surface area (TPSA) is 66.5 Å². The molecule has 0 saturated carbocycles. The number of carbonyl (C=O) groups is 3. The molecular weight excluding hydrogens is 275 g/mol. The highest BCUT2D eigenvalue weighted by molar-refractivity contribution is 6.28. The lowest BCUT2D eigenvalue weighted by molar-refractivity contribution is -0.130. The summed E-state index contributed by atoms with van der Waals surface area (Å²) in [6, 6.07) is 5.38. The Hall–Kier alpha value is -2.76. The van der Waals surface area contributed by atoms with Crippen molar-refractivity contribution in [3.63, 3.8) is 0 Å². The normalized spacial score (nSPS) is 17.7. The van der Waals surface area contributed by atoms with Crippen molar-refractivity contribution in [1.29, 1.82) is 0 Å². The molecule has 1 N–H and O–H groups in total. The molecule has 5 nitrogen and oxygen atoms in total. The number of urea groups is 1. The Morgan fingerprint density at radius 1 is 1.24 bits per heavy atom. The number of allylic oxidation sites excluding steroid dienone is 2. The van der Waals surface area contributed by atoms with Crippen molar-refractivity contribution in [3.05, 3.63) is 53.4 Å². The third kappa shape index (κ3) is 3.05. The summed E-state index contributed by atoms with van der Waals surface area (Å²) >= 11 is 0. The maximum atomic E-state index is 13.4. The van der Waals surface area contributed by atoms with Gasteiger partial charge in [-0.3, -0.25) is 19.8 Å². The van der Waals surface area contributed by atoms with E-state index >= 15 is 0 Å². The molecule has 1 fully saturated rings. The minimum Gasteiger partial charge on any atom is -0.273 e. The monoisotopic (exact) mass is 288 g/mol. The zero-order valence-corrected chi connectivity index (χ0v) is 11.3. The number of hydrogen-bond donors (Lipinski definition) is 1. The maximum absolute atomic E-state index is 13.4. The van der Waals surface area contributed by atoms with E-state index in [1.54, 1.807) is 25.1 Å². The van der Waals surface area contributed by atoms with Gasteiger partial charge in [0.2, 0.25) is 0 Å². The zero-order chi connectivity index (χ0) is 15.4. The van der Waals surface area contributed by atoms with Crippen LogP contribution in [0.4, 0.5) is 9.18 Å². The molecule has 1 aliphatic heterocycles. The molecule has 0 atom stereocenters. The number of likely N-dealkylation sites (N-methyl/N-ethyl adjacent to an activating group) is 1. The highest BCUT2D eigenvalue weighted by atomic mass is 19.1. The van der Waals surface area contributed by atoms with E-state index < -0.39 is 23.7 Å². The van der Waals surface area contributed by atoms with Crippen LogP contribution in [-0.4, -0.2) is 29.3 Å². The number of amides is 4. The van der Waals surface area contributed by atoms with Crippen LogP contribution in [0.25, 0.3) is 6.08 Å². The van der Waals surface area contributed by atoms with Gasteiger partial charge in [0, 0.05) is 12.1 Å². The molecule has 0 radical (unpaired) electrons. The van der Waals surface area contributed by atoms with E-state index in [0.717, 1.165) is 4.90 Å². The Labute approximate surface area is 120 Å². The van der Waals surface area contributed by atoms with Crippen LogP contribution in [0.5, 0.6) is 0 Å². The highest BCUT2D eigenvalue weighted by Crippen LogP contribution is 2.12. The zero-order valence-electron chi connectivity index (χ0n) is 11.3. The van der Waals surface area contributed by atoms with E-state index in [2.05, 4.69) is 5.32 Å². The summed E-state index contributed by atoms with van der Waals surface area (Å²) in [6.07, 6.45) is 4.10. The van der Waals surface area contributed by atoms with Crippen LogP contribution in [0.15, 0.2) is 42.0 Å². The number of hydrogen-bond acceptors (Lipinski definition) is 3. The summed E-state index contributed by atoms with van der Waals surface area (Å²) in [7, 11) is 0. The van der Waals surface area contributed by atoms with Crippen LogP contribution >= 0.6 is 0 Å². The summed E-state index contributed by atoms with van der Waals surface area (Å²) in [6.45, 7) is 1.78. The largest absolute Gasteiger partial charge is 0.331 e. The molecule has 108 valence electrons. The predicted molar refractivity (Wildman–Crippen MR) is 74.4 cm³/mol. The number of benzene rings is 1. The number of halogens is 1. The first kappa shape index (κ1) is 14.6. The van der Waals surface area contributed by atoms with Gasteiger partial charge in [0.15, 0.2) is 0 Å². The summed E-state index contributed by atoms with van der Waals surface area (Å²) in [5, 5.41) is 2.07. The van der Waals surface area contributed by atoms with Crippen molar-refractivity contribution in [2.75, 3.05) is 6.54 Å². The van der Waals surface area contributed by atoms with Crippen LogP contribution in [0.2, 0.25) is 0 Å². The average Bonchev–Trinajstić information content (AvgIpc) is 2.44. The van der Waals surface area contributed by atoms with Crippen LogP contribution in [0.3, 0.4) is 0 Å². The Kier molecular flexibility index (Phi) is 4.27. The van der Waals surface area contributed by atoms with E-state index in [4.69, 9.17) is 0 Å². The molecule has 0 bridgehead atoms. The first-order valence-corrected chi connectivity index (χ1v) is 6.34. The second-order valence-electron chi connectivity index (χ2n) is 4.27. The highest BCUT2D eigenvalue weighted by Gasteiger charge is 2.34. The fraction of sp³-hybridized carbons (Fsp3) is 0.133. The van der Waals surface area contributed by atoms with Crippen molar-refractivity contribution in [2.24, 2.45) is 0 Å². The van der Waals surface area contributed by atoms with Crippen molar-refractivity contribution in [1.82, 2.24) is 10.2 Å². The quantitative estimate of drug-likeness (QED) is 0.682. The standard InChI is InChI=1S/C15H13FN2O3/c1-2-18-14(20)11(13(19)17-15(18)21)8-5-7-10-6-3-4-9-12(10)16/h3-9H,2H2,1H3,(H,17,19,21). The smallest absolute Gasteiger partial charge is 0.273 e. The molecule has 1 aromatic carbocycles. The second-order valence-corrected chi connectivity index (χ2v) is 4.27. The van der Waals surface area contributed by atoms with E-state index in [9.17, 15) is 18.8 Å². The Bertz CT molecular complexity index is 665. The lowest BCUT2D eigenvalue weighted by Crippen LogP contribution is -2.53.